The lowest BCUT2D eigenvalue weighted by Gasteiger charge is -2.04. The van der Waals surface area contributed by atoms with Gasteiger partial charge in [-0.2, -0.15) is 5.10 Å². The van der Waals surface area contributed by atoms with Crippen molar-refractivity contribution in [1.82, 2.24) is 9.78 Å². The largest absolute Gasteiger partial charge is 0.277 e. The second kappa shape index (κ2) is 5.62. The number of benzene rings is 3. The standard InChI is InChI=1S/C19H13N3O2/c23-22(24)19-12-5-4-9-16(19)15-10-6-11-18-17(15)13-21(20-18)14-7-2-1-3-8-14/h1-13H. The van der Waals surface area contributed by atoms with Crippen molar-refractivity contribution in [2.75, 3.05) is 0 Å². The Kier molecular flexibility index (Phi) is 3.31. The zero-order valence-electron chi connectivity index (χ0n) is 12.7. The van der Waals surface area contributed by atoms with Gasteiger partial charge in [0.2, 0.25) is 0 Å². The van der Waals surface area contributed by atoms with Gasteiger partial charge in [-0.3, -0.25) is 10.1 Å². The predicted molar refractivity (Wildman–Crippen MR) is 93.2 cm³/mol. The Labute approximate surface area is 137 Å². The summed E-state index contributed by atoms with van der Waals surface area (Å²) in [6, 6.07) is 22.2. The molecule has 0 spiro atoms. The lowest BCUT2D eigenvalue weighted by atomic mass is 10.0. The van der Waals surface area contributed by atoms with Crippen molar-refractivity contribution in [3.8, 4) is 16.8 Å². The van der Waals surface area contributed by atoms with Gasteiger partial charge in [-0.1, -0.05) is 42.5 Å². The van der Waals surface area contributed by atoms with Crippen LogP contribution in [0, 0.1) is 10.1 Å². The molecule has 4 aromatic rings. The summed E-state index contributed by atoms with van der Waals surface area (Å²) in [6.07, 6.45) is 1.91. The first-order valence-electron chi connectivity index (χ1n) is 7.51. The molecule has 0 amide bonds. The normalized spacial score (nSPS) is 10.8. The fraction of sp³-hybridized carbons (Fsp3) is 0. The first kappa shape index (κ1) is 14.1. The molecule has 0 N–H and O–H groups in total. The Morgan fingerprint density at radius 1 is 0.833 bits per heavy atom. The summed E-state index contributed by atoms with van der Waals surface area (Å²) in [5.41, 5.74) is 3.25. The van der Waals surface area contributed by atoms with Crippen LogP contribution < -0.4 is 0 Å². The van der Waals surface area contributed by atoms with E-state index in [4.69, 9.17) is 0 Å². The van der Waals surface area contributed by atoms with Crippen molar-refractivity contribution in [3.63, 3.8) is 0 Å². The van der Waals surface area contributed by atoms with Crippen LogP contribution in [0.2, 0.25) is 0 Å². The minimum absolute atomic E-state index is 0.0949. The zero-order chi connectivity index (χ0) is 16.5. The highest BCUT2D eigenvalue weighted by atomic mass is 16.6. The van der Waals surface area contributed by atoms with Crippen molar-refractivity contribution in [2.24, 2.45) is 0 Å². The summed E-state index contributed by atoms with van der Waals surface area (Å²) >= 11 is 0. The van der Waals surface area contributed by atoms with Crippen LogP contribution in [0.15, 0.2) is 79.0 Å². The Morgan fingerprint density at radius 3 is 2.33 bits per heavy atom. The maximum atomic E-state index is 11.3. The fourth-order valence-electron chi connectivity index (χ4n) is 2.85. The van der Waals surface area contributed by atoms with Gasteiger partial charge in [0, 0.05) is 17.6 Å². The van der Waals surface area contributed by atoms with Crippen molar-refractivity contribution in [1.29, 1.82) is 0 Å². The van der Waals surface area contributed by atoms with E-state index in [9.17, 15) is 10.1 Å². The molecule has 5 nitrogen and oxygen atoms in total. The number of nitro groups is 1. The Balaban J connectivity index is 1.95. The first-order chi connectivity index (χ1) is 11.7. The highest BCUT2D eigenvalue weighted by molar-refractivity contribution is 5.96. The highest BCUT2D eigenvalue weighted by Gasteiger charge is 2.17. The molecule has 0 aliphatic carbocycles. The summed E-state index contributed by atoms with van der Waals surface area (Å²) in [7, 11) is 0. The van der Waals surface area contributed by atoms with Gasteiger partial charge in [0.05, 0.1) is 21.7 Å². The fourth-order valence-corrected chi connectivity index (χ4v) is 2.85. The third-order valence-electron chi connectivity index (χ3n) is 3.96. The van der Waals surface area contributed by atoms with Crippen molar-refractivity contribution >= 4 is 16.6 Å². The SMILES string of the molecule is O=[N+]([O-])c1ccccc1-c1cccc2nn(-c3ccccc3)cc12. The molecule has 0 saturated heterocycles. The van der Waals surface area contributed by atoms with E-state index in [1.54, 1.807) is 16.8 Å². The lowest BCUT2D eigenvalue weighted by Crippen LogP contribution is -1.92. The number of rotatable bonds is 3. The molecule has 5 heteroatoms. The van der Waals surface area contributed by atoms with Gasteiger partial charge in [-0.05, 0) is 29.8 Å². The second-order valence-corrected chi connectivity index (χ2v) is 5.42. The summed E-state index contributed by atoms with van der Waals surface area (Å²) < 4.78 is 1.79. The van der Waals surface area contributed by atoms with Crippen molar-refractivity contribution < 1.29 is 4.92 Å². The molecule has 0 aliphatic heterocycles. The number of nitrogens with zero attached hydrogens (tertiary/aromatic N) is 3. The molecule has 0 aliphatic rings. The van der Waals surface area contributed by atoms with Crippen LogP contribution in [0.5, 0.6) is 0 Å². The van der Waals surface area contributed by atoms with Gasteiger partial charge >= 0.3 is 0 Å². The molecule has 0 fully saturated rings. The third kappa shape index (κ3) is 2.32. The number of hydrogen-bond acceptors (Lipinski definition) is 3. The smallest absolute Gasteiger partial charge is 0.258 e. The molecule has 0 bridgehead atoms. The van der Waals surface area contributed by atoms with Crippen LogP contribution in [0.1, 0.15) is 0 Å². The average Bonchev–Trinajstić information content (AvgIpc) is 3.06. The van der Waals surface area contributed by atoms with E-state index in [2.05, 4.69) is 5.10 Å². The van der Waals surface area contributed by atoms with Crippen molar-refractivity contribution in [2.45, 2.75) is 0 Å². The van der Waals surface area contributed by atoms with E-state index in [1.807, 2.05) is 60.8 Å². The Hall–Kier alpha value is -3.47. The van der Waals surface area contributed by atoms with Crippen molar-refractivity contribution in [3.05, 3.63) is 89.1 Å². The molecule has 1 aromatic heterocycles. The van der Waals surface area contributed by atoms with E-state index >= 15 is 0 Å². The number of para-hydroxylation sites is 2. The molecule has 1 heterocycles. The number of hydrogen-bond donors (Lipinski definition) is 0. The molecule has 3 aromatic carbocycles. The maximum absolute atomic E-state index is 11.3. The average molecular weight is 315 g/mol. The summed E-state index contributed by atoms with van der Waals surface area (Å²) in [5.74, 6) is 0. The molecule has 4 rings (SSSR count). The van der Waals surface area contributed by atoms with Crippen LogP contribution in [0.3, 0.4) is 0 Å². The molecule has 0 saturated carbocycles. The molecule has 0 atom stereocenters. The maximum Gasteiger partial charge on any atom is 0.277 e. The minimum Gasteiger partial charge on any atom is -0.258 e. The van der Waals surface area contributed by atoms with Crippen LogP contribution in [-0.2, 0) is 0 Å². The summed E-state index contributed by atoms with van der Waals surface area (Å²) in [4.78, 5) is 11.0. The van der Waals surface area contributed by atoms with Crippen LogP contribution in [0.4, 0.5) is 5.69 Å². The lowest BCUT2D eigenvalue weighted by molar-refractivity contribution is -0.384. The Morgan fingerprint density at radius 2 is 1.54 bits per heavy atom. The van der Waals surface area contributed by atoms with Gasteiger partial charge in [-0.25, -0.2) is 4.68 Å². The van der Waals surface area contributed by atoms with Gasteiger partial charge in [0.15, 0.2) is 0 Å². The highest BCUT2D eigenvalue weighted by Crippen LogP contribution is 2.34. The summed E-state index contributed by atoms with van der Waals surface area (Å²) in [5, 5.41) is 16.8. The Bertz CT molecular complexity index is 1040. The van der Waals surface area contributed by atoms with Gasteiger partial charge < -0.3 is 0 Å². The third-order valence-corrected chi connectivity index (χ3v) is 3.96. The van der Waals surface area contributed by atoms with Crippen LogP contribution in [-0.4, -0.2) is 14.7 Å². The van der Waals surface area contributed by atoms with Crippen LogP contribution in [0.25, 0.3) is 27.7 Å². The van der Waals surface area contributed by atoms with E-state index in [1.165, 1.54) is 6.07 Å². The monoisotopic (exact) mass is 315 g/mol. The van der Waals surface area contributed by atoms with Gasteiger partial charge in [0.1, 0.15) is 0 Å². The zero-order valence-corrected chi connectivity index (χ0v) is 12.7. The molecule has 24 heavy (non-hydrogen) atoms. The molecule has 116 valence electrons. The first-order valence-corrected chi connectivity index (χ1v) is 7.51. The van der Waals surface area contributed by atoms with E-state index in [-0.39, 0.29) is 10.6 Å². The molecule has 0 radical (unpaired) electrons. The minimum atomic E-state index is -0.351. The number of fused-ring (bicyclic) bond motifs is 1. The number of aromatic nitrogens is 2. The van der Waals surface area contributed by atoms with Gasteiger partial charge in [0.25, 0.3) is 5.69 Å². The number of nitro benzene ring substituents is 1. The second-order valence-electron chi connectivity index (χ2n) is 5.42. The predicted octanol–water partition coefficient (Wildman–Crippen LogP) is 4.60. The van der Waals surface area contributed by atoms with E-state index in [0.717, 1.165) is 22.2 Å². The molecular formula is C19H13N3O2. The summed E-state index contributed by atoms with van der Waals surface area (Å²) in [6.45, 7) is 0. The van der Waals surface area contributed by atoms with Crippen LogP contribution >= 0.6 is 0 Å². The topological polar surface area (TPSA) is 61.0 Å². The van der Waals surface area contributed by atoms with E-state index in [0.29, 0.717) is 5.56 Å². The molecule has 0 unspecified atom stereocenters. The quantitative estimate of drug-likeness (QED) is 0.410. The van der Waals surface area contributed by atoms with E-state index < -0.39 is 0 Å². The molecular weight excluding hydrogens is 302 g/mol. The van der Waals surface area contributed by atoms with Gasteiger partial charge in [-0.15, -0.1) is 0 Å².